The molecule has 1 N–H and O–H groups in total. The predicted octanol–water partition coefficient (Wildman–Crippen LogP) is 5.68. The molecule has 0 atom stereocenters. The second kappa shape index (κ2) is 8.02. The summed E-state index contributed by atoms with van der Waals surface area (Å²) in [5.41, 5.74) is 3.83. The smallest absolute Gasteiger partial charge is 0.275 e. The zero-order valence-electron chi connectivity index (χ0n) is 15.9. The fourth-order valence-electron chi connectivity index (χ4n) is 4.07. The van der Waals surface area contributed by atoms with Crippen LogP contribution < -0.4 is 10.9 Å². The summed E-state index contributed by atoms with van der Waals surface area (Å²) in [5.74, 6) is 0. The van der Waals surface area contributed by atoms with Crippen LogP contribution in [0.3, 0.4) is 0 Å². The van der Waals surface area contributed by atoms with E-state index in [9.17, 15) is 4.79 Å². The van der Waals surface area contributed by atoms with Crippen molar-refractivity contribution in [3.8, 4) is 5.69 Å². The normalized spacial score (nSPS) is 15.2. The Morgan fingerprint density at radius 1 is 1.10 bits per heavy atom. The van der Waals surface area contributed by atoms with Crippen molar-refractivity contribution in [2.75, 3.05) is 5.32 Å². The van der Waals surface area contributed by atoms with Gasteiger partial charge in [-0.2, -0.15) is 0 Å². The van der Waals surface area contributed by atoms with E-state index in [4.69, 9.17) is 4.98 Å². The minimum atomic E-state index is -0.0381. The molecule has 0 radical (unpaired) electrons. The summed E-state index contributed by atoms with van der Waals surface area (Å²) in [6.07, 6.45) is 9.73. The number of hydrogen-bond donors (Lipinski definition) is 1. The number of rotatable bonds is 4. The summed E-state index contributed by atoms with van der Waals surface area (Å²) < 4.78 is 3.23. The van der Waals surface area contributed by atoms with Crippen LogP contribution in [0.2, 0.25) is 0 Å². The topological polar surface area (TPSA) is 59.8 Å². The molecular weight excluding hydrogens is 495 g/mol. The number of benzene rings is 1. The van der Waals surface area contributed by atoms with Gasteiger partial charge in [0, 0.05) is 22.4 Å². The maximum Gasteiger partial charge on any atom is 0.275 e. The van der Waals surface area contributed by atoms with E-state index in [2.05, 4.69) is 45.0 Å². The maximum atomic E-state index is 13.2. The molecule has 7 heteroatoms. The molecular formula is C22H21IN4OS. The van der Waals surface area contributed by atoms with Crippen molar-refractivity contribution in [3.05, 3.63) is 58.8 Å². The van der Waals surface area contributed by atoms with Crippen LogP contribution in [0, 0.1) is 0 Å². The van der Waals surface area contributed by atoms with Crippen molar-refractivity contribution < 1.29 is 0 Å². The third-order valence-corrected chi connectivity index (χ3v) is 7.57. The number of hydrogen-bond acceptors (Lipinski definition) is 5. The summed E-state index contributed by atoms with van der Waals surface area (Å²) in [6.45, 7) is 0. The number of nitrogens with zero attached hydrogens (tertiary/aromatic N) is 3. The quantitative estimate of drug-likeness (QED) is 0.280. The van der Waals surface area contributed by atoms with Crippen molar-refractivity contribution in [2.24, 2.45) is 0 Å². The molecule has 4 aromatic rings. The number of thiophene rings is 1. The Hall–Kier alpha value is -2.00. The fraction of sp³-hybridized carbons (Fsp3) is 0.318. The van der Waals surface area contributed by atoms with Crippen LogP contribution >= 0.6 is 33.9 Å². The molecule has 0 unspecified atom stereocenters. The molecule has 5 rings (SSSR count). The molecule has 0 bridgehead atoms. The van der Waals surface area contributed by atoms with Crippen LogP contribution in [0.4, 0.5) is 5.69 Å². The average molecular weight is 516 g/mol. The van der Waals surface area contributed by atoms with E-state index in [0.717, 1.165) is 31.5 Å². The Morgan fingerprint density at radius 2 is 1.90 bits per heavy atom. The van der Waals surface area contributed by atoms with Gasteiger partial charge in [-0.3, -0.25) is 9.36 Å². The molecule has 1 aliphatic rings. The molecule has 1 aromatic carbocycles. The number of pyridine rings is 1. The largest absolute Gasteiger partial charge is 0.382 e. The molecule has 3 heterocycles. The zero-order chi connectivity index (χ0) is 19.8. The van der Waals surface area contributed by atoms with Crippen LogP contribution in [-0.2, 0) is 4.43 Å². The predicted molar refractivity (Wildman–Crippen MR) is 129 cm³/mol. The van der Waals surface area contributed by atoms with Crippen LogP contribution in [0.15, 0.2) is 47.7 Å². The van der Waals surface area contributed by atoms with E-state index < -0.39 is 0 Å². The van der Waals surface area contributed by atoms with E-state index in [1.54, 1.807) is 10.9 Å². The van der Waals surface area contributed by atoms with Crippen LogP contribution in [-0.4, -0.2) is 20.6 Å². The lowest BCUT2D eigenvalue weighted by Crippen LogP contribution is -2.22. The molecule has 1 saturated carbocycles. The second-order valence-electron chi connectivity index (χ2n) is 7.52. The highest BCUT2D eigenvalue weighted by atomic mass is 127. The number of halogens is 1. The third kappa shape index (κ3) is 3.54. The Labute approximate surface area is 186 Å². The summed E-state index contributed by atoms with van der Waals surface area (Å²) in [6, 6.07) is 10.6. The molecule has 3 aromatic heterocycles. The van der Waals surface area contributed by atoms with Crippen LogP contribution in [0.5, 0.6) is 0 Å². The lowest BCUT2D eigenvalue weighted by molar-refractivity contribution is 0.463. The highest BCUT2D eigenvalue weighted by Gasteiger charge is 2.19. The lowest BCUT2D eigenvalue weighted by Gasteiger charge is -2.24. The van der Waals surface area contributed by atoms with E-state index in [1.807, 2.05) is 24.4 Å². The van der Waals surface area contributed by atoms with Crippen molar-refractivity contribution >= 4 is 60.0 Å². The lowest BCUT2D eigenvalue weighted by atomic mass is 9.95. The summed E-state index contributed by atoms with van der Waals surface area (Å²) in [5, 5.41) is 4.67. The number of aromatic nitrogens is 3. The fourth-order valence-corrected chi connectivity index (χ4v) is 5.63. The molecule has 0 spiro atoms. The number of anilines is 1. The minimum Gasteiger partial charge on any atom is -0.382 e. The highest BCUT2D eigenvalue weighted by Crippen LogP contribution is 2.35. The summed E-state index contributed by atoms with van der Waals surface area (Å²) in [4.78, 5) is 23.3. The van der Waals surface area contributed by atoms with Gasteiger partial charge in [0.2, 0.25) is 0 Å². The molecule has 5 nitrogen and oxygen atoms in total. The summed E-state index contributed by atoms with van der Waals surface area (Å²) in [7, 11) is 0. The van der Waals surface area contributed by atoms with Crippen LogP contribution in [0.25, 0.3) is 26.1 Å². The van der Waals surface area contributed by atoms with Gasteiger partial charge in [0.15, 0.2) is 0 Å². The first-order valence-corrected chi connectivity index (χ1v) is 12.3. The molecule has 0 saturated heterocycles. The van der Waals surface area contributed by atoms with Crippen LogP contribution in [0.1, 0.15) is 37.7 Å². The molecule has 29 heavy (non-hydrogen) atoms. The van der Waals surface area contributed by atoms with Gasteiger partial charge in [0.05, 0.1) is 16.6 Å². The first-order chi connectivity index (χ1) is 14.2. The Bertz CT molecular complexity index is 1230. The van der Waals surface area contributed by atoms with E-state index in [1.165, 1.54) is 49.0 Å². The Kier molecular flexibility index (Phi) is 5.26. The maximum absolute atomic E-state index is 13.2. The first kappa shape index (κ1) is 19.0. The van der Waals surface area contributed by atoms with Crippen molar-refractivity contribution in [2.45, 2.75) is 42.6 Å². The van der Waals surface area contributed by atoms with Gasteiger partial charge < -0.3 is 5.32 Å². The second-order valence-corrected chi connectivity index (χ2v) is 9.28. The third-order valence-electron chi connectivity index (χ3n) is 5.62. The van der Waals surface area contributed by atoms with Crippen molar-refractivity contribution in [1.82, 2.24) is 14.5 Å². The van der Waals surface area contributed by atoms with Gasteiger partial charge in [-0.1, -0.05) is 54.0 Å². The Morgan fingerprint density at radius 3 is 2.66 bits per heavy atom. The molecule has 0 amide bonds. The monoisotopic (exact) mass is 516 g/mol. The van der Waals surface area contributed by atoms with E-state index in [0.29, 0.717) is 10.7 Å². The van der Waals surface area contributed by atoms with Gasteiger partial charge >= 0.3 is 0 Å². The zero-order valence-corrected chi connectivity index (χ0v) is 18.9. The Balaban J connectivity index is 1.61. The number of fused-ring (bicyclic) bond motifs is 3. The standard InChI is InChI=1S/C22H21IN4OS/c23-12-14-6-8-16(9-7-14)27-13-25-19-18-17(26-15-4-2-1-3-5-15)10-11-24-21(18)29-20(19)22(27)28/h6-11,13,15H,1-5,12H2,(H,24,26). The SMILES string of the molecule is O=c1c2sc3nccc(NC4CCCCC4)c3c2ncn1-c1ccc(CI)cc1. The van der Waals surface area contributed by atoms with E-state index in [-0.39, 0.29) is 5.56 Å². The first-order valence-electron chi connectivity index (χ1n) is 9.95. The van der Waals surface area contributed by atoms with Crippen molar-refractivity contribution in [1.29, 1.82) is 0 Å². The molecule has 148 valence electrons. The van der Waals surface area contributed by atoms with Gasteiger partial charge in [0.1, 0.15) is 15.9 Å². The summed E-state index contributed by atoms with van der Waals surface area (Å²) >= 11 is 3.77. The average Bonchev–Trinajstić information content (AvgIpc) is 3.16. The van der Waals surface area contributed by atoms with Gasteiger partial charge in [-0.25, -0.2) is 9.97 Å². The highest BCUT2D eigenvalue weighted by molar-refractivity contribution is 14.1. The molecule has 0 aliphatic heterocycles. The van der Waals surface area contributed by atoms with Crippen molar-refractivity contribution in [3.63, 3.8) is 0 Å². The number of nitrogens with one attached hydrogen (secondary N) is 1. The number of alkyl halides is 1. The van der Waals surface area contributed by atoms with Gasteiger partial charge in [-0.15, -0.1) is 11.3 Å². The van der Waals surface area contributed by atoms with Gasteiger partial charge in [-0.05, 0) is 36.6 Å². The molecule has 1 aliphatic carbocycles. The minimum absolute atomic E-state index is 0.0381. The molecule has 1 fully saturated rings. The van der Waals surface area contributed by atoms with E-state index >= 15 is 0 Å². The van der Waals surface area contributed by atoms with Gasteiger partial charge in [0.25, 0.3) is 5.56 Å².